The summed E-state index contributed by atoms with van der Waals surface area (Å²) in [5.41, 5.74) is 2.09. The number of rotatable bonds is 5. The molecule has 0 fully saturated rings. The van der Waals surface area contributed by atoms with Crippen molar-refractivity contribution < 1.29 is 14.8 Å². The SMILES string of the molecule is CC(C)(C)[NH2+]CCCNC(=O)C1c2ccccc2Oc2ccccc21. The Kier molecular flexibility index (Phi) is 5.09. The Bertz CT molecular complexity index is 704. The van der Waals surface area contributed by atoms with Gasteiger partial charge in [0.15, 0.2) is 0 Å². The van der Waals surface area contributed by atoms with Crippen LogP contribution in [0, 0.1) is 0 Å². The molecule has 0 spiro atoms. The number of hydrogen-bond acceptors (Lipinski definition) is 2. The van der Waals surface area contributed by atoms with Gasteiger partial charge in [0.25, 0.3) is 0 Å². The number of benzene rings is 2. The molecule has 0 radical (unpaired) electrons. The number of hydrogen-bond donors (Lipinski definition) is 2. The van der Waals surface area contributed by atoms with Gasteiger partial charge in [-0.3, -0.25) is 4.79 Å². The van der Waals surface area contributed by atoms with E-state index in [2.05, 4.69) is 31.4 Å². The van der Waals surface area contributed by atoms with Crippen molar-refractivity contribution in [3.63, 3.8) is 0 Å². The fraction of sp³-hybridized carbons (Fsp3) is 0.381. The van der Waals surface area contributed by atoms with Gasteiger partial charge in [0.1, 0.15) is 11.5 Å². The van der Waals surface area contributed by atoms with E-state index in [4.69, 9.17) is 4.74 Å². The van der Waals surface area contributed by atoms with Crippen LogP contribution in [0.2, 0.25) is 0 Å². The summed E-state index contributed by atoms with van der Waals surface area (Å²) in [4.78, 5) is 12.9. The summed E-state index contributed by atoms with van der Waals surface area (Å²) < 4.78 is 5.95. The van der Waals surface area contributed by atoms with Gasteiger partial charge in [-0.15, -0.1) is 0 Å². The van der Waals surface area contributed by atoms with Gasteiger partial charge < -0.3 is 15.4 Å². The molecule has 4 heteroatoms. The molecule has 0 saturated carbocycles. The van der Waals surface area contributed by atoms with E-state index < -0.39 is 0 Å². The third-order valence-electron chi connectivity index (χ3n) is 4.38. The minimum absolute atomic E-state index is 0.0407. The van der Waals surface area contributed by atoms with E-state index in [1.165, 1.54) is 0 Å². The largest absolute Gasteiger partial charge is 0.457 e. The summed E-state index contributed by atoms with van der Waals surface area (Å²) in [6.07, 6.45) is 0.954. The summed E-state index contributed by atoms with van der Waals surface area (Å²) in [6, 6.07) is 15.6. The topological polar surface area (TPSA) is 54.9 Å². The summed E-state index contributed by atoms with van der Waals surface area (Å²) >= 11 is 0. The molecule has 132 valence electrons. The molecule has 1 amide bonds. The van der Waals surface area contributed by atoms with Crippen molar-refractivity contribution in [3.05, 3.63) is 59.7 Å². The van der Waals surface area contributed by atoms with Gasteiger partial charge in [0.05, 0.1) is 18.0 Å². The molecule has 3 rings (SSSR count). The first-order chi connectivity index (χ1) is 12.0. The highest BCUT2D eigenvalue weighted by Gasteiger charge is 2.32. The second-order valence-electron chi connectivity index (χ2n) is 7.61. The summed E-state index contributed by atoms with van der Waals surface area (Å²) in [5.74, 6) is 1.26. The Balaban J connectivity index is 1.70. The molecule has 2 aromatic carbocycles. The van der Waals surface area contributed by atoms with E-state index in [1.807, 2.05) is 48.5 Å². The fourth-order valence-corrected chi connectivity index (χ4v) is 3.14. The number of ether oxygens (including phenoxy) is 1. The molecule has 0 bridgehead atoms. The van der Waals surface area contributed by atoms with E-state index in [9.17, 15) is 4.79 Å². The van der Waals surface area contributed by atoms with E-state index in [1.54, 1.807) is 0 Å². The fourth-order valence-electron chi connectivity index (χ4n) is 3.14. The number of carbonyl (C=O) groups is 1. The average Bonchev–Trinajstić information content (AvgIpc) is 2.58. The smallest absolute Gasteiger partial charge is 0.232 e. The van der Waals surface area contributed by atoms with Gasteiger partial charge in [-0.25, -0.2) is 0 Å². The molecular formula is C21H27N2O2+. The molecule has 0 aromatic heterocycles. The van der Waals surface area contributed by atoms with Crippen LogP contribution in [0.1, 0.15) is 44.2 Å². The molecule has 0 saturated heterocycles. The average molecular weight is 339 g/mol. The van der Waals surface area contributed by atoms with Crippen LogP contribution in [-0.2, 0) is 4.79 Å². The maximum Gasteiger partial charge on any atom is 0.232 e. The maximum absolute atomic E-state index is 12.9. The predicted molar refractivity (Wildman–Crippen MR) is 99.0 cm³/mol. The van der Waals surface area contributed by atoms with Gasteiger partial charge in [0.2, 0.25) is 5.91 Å². The molecule has 1 heterocycles. The number of amides is 1. The van der Waals surface area contributed by atoms with E-state index in [0.717, 1.165) is 35.6 Å². The zero-order chi connectivity index (χ0) is 17.9. The lowest BCUT2D eigenvalue weighted by Gasteiger charge is -2.27. The Morgan fingerprint density at radius 2 is 1.60 bits per heavy atom. The molecular weight excluding hydrogens is 312 g/mol. The lowest BCUT2D eigenvalue weighted by Crippen LogP contribution is -2.94. The van der Waals surface area contributed by atoms with Crippen LogP contribution in [0.4, 0.5) is 0 Å². The molecule has 1 aliphatic rings. The highest BCUT2D eigenvalue weighted by Crippen LogP contribution is 2.43. The first kappa shape index (κ1) is 17.5. The van der Waals surface area contributed by atoms with Crippen LogP contribution in [0.5, 0.6) is 11.5 Å². The van der Waals surface area contributed by atoms with Crippen molar-refractivity contribution >= 4 is 5.91 Å². The number of fused-ring (bicyclic) bond motifs is 2. The van der Waals surface area contributed by atoms with Crippen molar-refractivity contribution in [1.82, 2.24) is 5.32 Å². The Morgan fingerprint density at radius 3 is 2.16 bits per heavy atom. The molecule has 25 heavy (non-hydrogen) atoms. The van der Waals surface area contributed by atoms with Crippen molar-refractivity contribution in [1.29, 1.82) is 0 Å². The van der Waals surface area contributed by atoms with Crippen LogP contribution >= 0.6 is 0 Å². The van der Waals surface area contributed by atoms with Gasteiger partial charge in [0, 0.05) is 24.1 Å². The standard InChI is InChI=1S/C21H26N2O2/c1-21(2,3)23-14-8-13-22-20(24)19-15-9-4-6-11-17(15)25-18-12-7-5-10-16(18)19/h4-7,9-12,19,23H,8,13-14H2,1-3H3,(H,22,24)/p+1. The minimum atomic E-state index is -0.312. The first-order valence-electron chi connectivity index (χ1n) is 8.93. The number of quaternary nitrogens is 1. The van der Waals surface area contributed by atoms with Gasteiger partial charge >= 0.3 is 0 Å². The number of nitrogens with two attached hydrogens (primary N) is 1. The van der Waals surface area contributed by atoms with Gasteiger partial charge in [-0.1, -0.05) is 36.4 Å². The summed E-state index contributed by atoms with van der Waals surface area (Å²) in [6.45, 7) is 8.28. The lowest BCUT2D eigenvalue weighted by molar-refractivity contribution is -0.717. The van der Waals surface area contributed by atoms with Crippen LogP contribution in [0.3, 0.4) is 0 Å². The van der Waals surface area contributed by atoms with Crippen molar-refractivity contribution in [2.75, 3.05) is 13.1 Å². The predicted octanol–water partition coefficient (Wildman–Crippen LogP) is 2.79. The molecule has 4 nitrogen and oxygen atoms in total. The van der Waals surface area contributed by atoms with E-state index in [0.29, 0.717) is 6.54 Å². The second-order valence-corrected chi connectivity index (χ2v) is 7.61. The van der Waals surface area contributed by atoms with Crippen LogP contribution < -0.4 is 15.4 Å². The van der Waals surface area contributed by atoms with Crippen LogP contribution in [0.15, 0.2) is 48.5 Å². The zero-order valence-electron chi connectivity index (χ0n) is 15.2. The molecule has 0 aliphatic carbocycles. The maximum atomic E-state index is 12.9. The van der Waals surface area contributed by atoms with Crippen molar-refractivity contribution in [2.24, 2.45) is 0 Å². The lowest BCUT2D eigenvalue weighted by atomic mass is 9.87. The third-order valence-corrected chi connectivity index (χ3v) is 4.38. The zero-order valence-corrected chi connectivity index (χ0v) is 15.2. The quantitative estimate of drug-likeness (QED) is 0.823. The highest BCUT2D eigenvalue weighted by molar-refractivity contribution is 5.89. The van der Waals surface area contributed by atoms with Gasteiger partial charge in [-0.05, 0) is 32.9 Å². The number of carbonyl (C=O) groups excluding carboxylic acids is 1. The van der Waals surface area contributed by atoms with Crippen LogP contribution in [0.25, 0.3) is 0 Å². The monoisotopic (exact) mass is 339 g/mol. The van der Waals surface area contributed by atoms with E-state index in [-0.39, 0.29) is 17.4 Å². The second kappa shape index (κ2) is 7.28. The molecule has 0 unspecified atom stereocenters. The first-order valence-corrected chi connectivity index (χ1v) is 8.93. The van der Waals surface area contributed by atoms with Gasteiger partial charge in [-0.2, -0.15) is 0 Å². The molecule has 3 N–H and O–H groups in total. The number of nitrogens with one attached hydrogen (secondary N) is 1. The van der Waals surface area contributed by atoms with Crippen LogP contribution in [-0.4, -0.2) is 24.5 Å². The third kappa shape index (κ3) is 4.20. The Labute approximate surface area is 149 Å². The Hall–Kier alpha value is -2.33. The molecule has 1 aliphatic heterocycles. The van der Waals surface area contributed by atoms with Crippen molar-refractivity contribution in [2.45, 2.75) is 38.6 Å². The van der Waals surface area contributed by atoms with Crippen molar-refractivity contribution in [3.8, 4) is 11.5 Å². The molecule has 2 aromatic rings. The molecule has 0 atom stereocenters. The highest BCUT2D eigenvalue weighted by atomic mass is 16.5. The number of para-hydroxylation sites is 2. The van der Waals surface area contributed by atoms with E-state index >= 15 is 0 Å². The minimum Gasteiger partial charge on any atom is -0.457 e. The Morgan fingerprint density at radius 1 is 1.04 bits per heavy atom. The summed E-state index contributed by atoms with van der Waals surface area (Å²) in [5, 5.41) is 5.41. The summed E-state index contributed by atoms with van der Waals surface area (Å²) in [7, 11) is 0. The normalized spacial score (nSPS) is 13.6.